The minimum atomic E-state index is -3.51. The first-order valence-corrected chi connectivity index (χ1v) is 10.6. The lowest BCUT2D eigenvalue weighted by atomic mass is 10.1. The largest absolute Gasteiger partial charge is 0.465 e. The van der Waals surface area contributed by atoms with Gasteiger partial charge >= 0.3 is 5.97 Å². The predicted molar refractivity (Wildman–Crippen MR) is 97.7 cm³/mol. The van der Waals surface area contributed by atoms with Crippen molar-refractivity contribution in [2.24, 2.45) is 0 Å². The third kappa shape index (κ3) is 7.47. The van der Waals surface area contributed by atoms with Gasteiger partial charge in [-0.15, -0.1) is 0 Å². The Morgan fingerprint density at radius 3 is 2.25 bits per heavy atom. The van der Waals surface area contributed by atoms with Gasteiger partial charge < -0.3 is 4.74 Å². The van der Waals surface area contributed by atoms with Crippen LogP contribution in [0.1, 0.15) is 57.9 Å². The molecule has 1 unspecified atom stereocenters. The summed E-state index contributed by atoms with van der Waals surface area (Å²) in [5.74, 6) is -0.581. The first-order chi connectivity index (χ1) is 11.5. The van der Waals surface area contributed by atoms with E-state index in [1.165, 1.54) is 12.8 Å². The van der Waals surface area contributed by atoms with Gasteiger partial charge in [-0.3, -0.25) is 4.79 Å². The van der Waals surface area contributed by atoms with Gasteiger partial charge in [0.05, 0.1) is 12.4 Å². The normalized spacial score (nSPS) is 12.8. The van der Waals surface area contributed by atoms with Crippen molar-refractivity contribution in [3.8, 4) is 0 Å². The molecule has 0 N–H and O–H groups in total. The molecule has 0 spiro atoms. The van der Waals surface area contributed by atoms with Crippen molar-refractivity contribution < 1.29 is 17.9 Å². The zero-order valence-corrected chi connectivity index (χ0v) is 15.7. The fraction of sp³-hybridized carbons (Fsp3) is 0.632. The van der Waals surface area contributed by atoms with Gasteiger partial charge in [-0.2, -0.15) is 0 Å². The molecule has 1 atom stereocenters. The fourth-order valence-corrected chi connectivity index (χ4v) is 4.34. The van der Waals surface area contributed by atoms with Gasteiger partial charge in [0.25, 0.3) is 0 Å². The molecule has 0 fully saturated rings. The highest BCUT2D eigenvalue weighted by Crippen LogP contribution is 2.16. The number of esters is 1. The molecule has 4 nitrogen and oxygen atoms in total. The van der Waals surface area contributed by atoms with Gasteiger partial charge in [-0.05, 0) is 25.3 Å². The van der Waals surface area contributed by atoms with Crippen LogP contribution in [0.25, 0.3) is 0 Å². The number of carbonyl (C=O) groups excluding carboxylic acids is 1. The number of unbranched alkanes of at least 4 members (excludes halogenated alkanes) is 5. The predicted octanol–water partition coefficient (Wildman–Crippen LogP) is 3.94. The second-order valence-corrected chi connectivity index (χ2v) is 8.37. The van der Waals surface area contributed by atoms with E-state index in [0.717, 1.165) is 24.8 Å². The Balaban J connectivity index is 2.68. The summed E-state index contributed by atoms with van der Waals surface area (Å²) in [6.45, 7) is 4.03. The van der Waals surface area contributed by atoms with E-state index in [-0.39, 0.29) is 18.8 Å². The van der Waals surface area contributed by atoms with Crippen LogP contribution in [0.4, 0.5) is 0 Å². The third-order valence-corrected chi connectivity index (χ3v) is 6.11. The van der Waals surface area contributed by atoms with E-state index in [1.807, 2.05) is 30.3 Å². The SMILES string of the molecule is CCCCCCCCS(=O)(=O)C(Cc1ccccc1)C(=O)OCC. The third-order valence-electron chi connectivity index (χ3n) is 4.03. The van der Waals surface area contributed by atoms with E-state index in [9.17, 15) is 13.2 Å². The number of hydrogen-bond acceptors (Lipinski definition) is 4. The van der Waals surface area contributed by atoms with E-state index in [0.29, 0.717) is 6.42 Å². The van der Waals surface area contributed by atoms with Crippen molar-refractivity contribution in [2.45, 2.75) is 64.0 Å². The molecule has 1 aromatic rings. The Morgan fingerprint density at radius 1 is 1.00 bits per heavy atom. The van der Waals surface area contributed by atoms with Crippen LogP contribution in [-0.2, 0) is 25.8 Å². The topological polar surface area (TPSA) is 60.4 Å². The summed E-state index contributed by atoms with van der Waals surface area (Å²) in [4.78, 5) is 12.2. The second kappa shape index (κ2) is 11.2. The average Bonchev–Trinajstić information content (AvgIpc) is 2.57. The molecule has 0 aliphatic rings. The van der Waals surface area contributed by atoms with Crippen LogP contribution < -0.4 is 0 Å². The molecule has 1 rings (SSSR count). The number of carbonyl (C=O) groups is 1. The molecular weight excluding hydrogens is 324 g/mol. The van der Waals surface area contributed by atoms with Crippen molar-refractivity contribution in [1.29, 1.82) is 0 Å². The van der Waals surface area contributed by atoms with E-state index < -0.39 is 21.1 Å². The van der Waals surface area contributed by atoms with Crippen LogP contribution in [0.5, 0.6) is 0 Å². The molecule has 0 bridgehead atoms. The van der Waals surface area contributed by atoms with Gasteiger partial charge in [0, 0.05) is 0 Å². The second-order valence-electron chi connectivity index (χ2n) is 6.07. The van der Waals surface area contributed by atoms with Crippen molar-refractivity contribution in [3.63, 3.8) is 0 Å². The van der Waals surface area contributed by atoms with Gasteiger partial charge in [0.1, 0.15) is 0 Å². The summed E-state index contributed by atoms with van der Waals surface area (Å²) < 4.78 is 30.3. The minimum Gasteiger partial charge on any atom is -0.465 e. The van der Waals surface area contributed by atoms with Gasteiger partial charge in [0.15, 0.2) is 15.1 Å². The molecule has 24 heavy (non-hydrogen) atoms. The average molecular weight is 355 g/mol. The maximum atomic E-state index is 12.6. The minimum absolute atomic E-state index is 0.0510. The molecule has 0 radical (unpaired) electrons. The van der Waals surface area contributed by atoms with Crippen molar-refractivity contribution in [3.05, 3.63) is 35.9 Å². The molecule has 0 heterocycles. The van der Waals surface area contributed by atoms with E-state index >= 15 is 0 Å². The molecule has 1 aromatic carbocycles. The van der Waals surface area contributed by atoms with E-state index in [2.05, 4.69) is 6.92 Å². The first kappa shape index (κ1) is 20.7. The quantitative estimate of drug-likeness (QED) is 0.421. The molecule has 136 valence electrons. The Hall–Kier alpha value is -1.36. The maximum absolute atomic E-state index is 12.6. The fourth-order valence-electron chi connectivity index (χ4n) is 2.65. The van der Waals surface area contributed by atoms with Gasteiger partial charge in [-0.1, -0.05) is 69.4 Å². The number of sulfone groups is 1. The summed E-state index contributed by atoms with van der Waals surface area (Å²) in [5.41, 5.74) is 0.835. The zero-order chi connectivity index (χ0) is 17.8. The smallest absolute Gasteiger partial charge is 0.324 e. The Morgan fingerprint density at radius 2 is 1.62 bits per heavy atom. The maximum Gasteiger partial charge on any atom is 0.324 e. The highest BCUT2D eigenvalue weighted by atomic mass is 32.2. The van der Waals surface area contributed by atoms with Crippen molar-refractivity contribution >= 4 is 15.8 Å². The van der Waals surface area contributed by atoms with Gasteiger partial charge in [-0.25, -0.2) is 8.42 Å². The van der Waals surface area contributed by atoms with Crippen LogP contribution in [0, 0.1) is 0 Å². The lowest BCUT2D eigenvalue weighted by Gasteiger charge is -2.16. The van der Waals surface area contributed by atoms with Crippen LogP contribution in [0.15, 0.2) is 30.3 Å². The zero-order valence-electron chi connectivity index (χ0n) is 14.9. The summed E-state index contributed by atoms with van der Waals surface area (Å²) in [7, 11) is -3.51. The summed E-state index contributed by atoms with van der Waals surface area (Å²) in [5, 5.41) is -1.10. The van der Waals surface area contributed by atoms with Crippen LogP contribution in [0.3, 0.4) is 0 Å². The summed E-state index contributed by atoms with van der Waals surface area (Å²) >= 11 is 0. The Labute approximate surface area is 146 Å². The highest BCUT2D eigenvalue weighted by Gasteiger charge is 2.33. The first-order valence-electron chi connectivity index (χ1n) is 8.93. The molecular formula is C19H30O4S. The van der Waals surface area contributed by atoms with E-state index in [1.54, 1.807) is 6.92 Å². The lowest BCUT2D eigenvalue weighted by Crippen LogP contribution is -2.35. The van der Waals surface area contributed by atoms with Crippen LogP contribution >= 0.6 is 0 Å². The van der Waals surface area contributed by atoms with Crippen molar-refractivity contribution in [2.75, 3.05) is 12.4 Å². The van der Waals surface area contributed by atoms with Crippen LogP contribution in [0.2, 0.25) is 0 Å². The molecule has 0 saturated heterocycles. The van der Waals surface area contributed by atoms with Crippen molar-refractivity contribution in [1.82, 2.24) is 0 Å². The number of ether oxygens (including phenoxy) is 1. The number of benzene rings is 1. The number of rotatable bonds is 12. The summed E-state index contributed by atoms with van der Waals surface area (Å²) in [6.07, 6.45) is 6.22. The lowest BCUT2D eigenvalue weighted by molar-refractivity contribution is -0.142. The van der Waals surface area contributed by atoms with E-state index in [4.69, 9.17) is 4.74 Å². The highest BCUT2D eigenvalue weighted by molar-refractivity contribution is 7.92. The Kier molecular flexibility index (Phi) is 9.69. The molecule has 5 heteroatoms. The summed E-state index contributed by atoms with van der Waals surface area (Å²) in [6, 6.07) is 9.24. The molecule has 0 saturated carbocycles. The molecule has 0 amide bonds. The standard InChI is InChI=1S/C19H30O4S/c1-3-5-6-7-8-12-15-24(21,22)18(19(20)23-4-2)16-17-13-10-9-11-14-17/h9-11,13-14,18H,3-8,12,15-16H2,1-2H3. The Bertz CT molecular complexity index is 566. The molecule has 0 aliphatic heterocycles. The van der Waals surface area contributed by atoms with Gasteiger partial charge in [0.2, 0.25) is 0 Å². The number of hydrogen-bond donors (Lipinski definition) is 0. The molecule has 0 aliphatic carbocycles. The van der Waals surface area contributed by atoms with Crippen LogP contribution in [-0.4, -0.2) is 32.0 Å². The molecule has 0 aromatic heterocycles. The monoisotopic (exact) mass is 354 g/mol.